The van der Waals surface area contributed by atoms with E-state index >= 15 is 0 Å². The molecule has 0 saturated heterocycles. The molecule has 0 aliphatic carbocycles. The Balaban J connectivity index is 1.79. The first-order valence-corrected chi connectivity index (χ1v) is 11.6. The Hall–Kier alpha value is -4.11. The van der Waals surface area contributed by atoms with Crippen molar-refractivity contribution in [3.8, 4) is 17.1 Å². The van der Waals surface area contributed by atoms with Gasteiger partial charge in [-0.2, -0.15) is 4.68 Å². The number of hydrogen-bond acceptors (Lipinski definition) is 6. The van der Waals surface area contributed by atoms with Gasteiger partial charge < -0.3 is 0 Å². The second-order valence-electron chi connectivity index (χ2n) is 7.75. The minimum absolute atomic E-state index is 0.0787. The van der Waals surface area contributed by atoms with Crippen molar-refractivity contribution in [3.05, 3.63) is 100 Å². The van der Waals surface area contributed by atoms with Crippen molar-refractivity contribution in [3.63, 3.8) is 0 Å². The lowest BCUT2D eigenvalue weighted by Crippen LogP contribution is -2.20. The van der Waals surface area contributed by atoms with Crippen molar-refractivity contribution < 1.29 is 8.42 Å². The van der Waals surface area contributed by atoms with Crippen LogP contribution in [0.25, 0.3) is 28.0 Å². The predicted octanol–water partition coefficient (Wildman–Crippen LogP) is 3.50. The van der Waals surface area contributed by atoms with Gasteiger partial charge in [0.25, 0.3) is 10.0 Å². The van der Waals surface area contributed by atoms with E-state index in [1.165, 1.54) is 10.9 Å². The number of aryl methyl sites for hydroxylation is 2. The van der Waals surface area contributed by atoms with Gasteiger partial charge in [0.15, 0.2) is 5.82 Å². The second kappa shape index (κ2) is 7.79. The fourth-order valence-electron chi connectivity index (χ4n) is 3.65. The third-order valence-corrected chi connectivity index (χ3v) is 7.13. The monoisotopic (exact) mass is 457 g/mol. The SMILES string of the molecule is Cc1ccc(-n2nnnc2-c2cn(S(=O)(=O)c3ccc(C)cc3)c3ccccc3c2=O)cc1. The van der Waals surface area contributed by atoms with Crippen LogP contribution in [0.4, 0.5) is 0 Å². The fraction of sp³-hybridized carbons (Fsp3) is 0.0833. The van der Waals surface area contributed by atoms with E-state index in [4.69, 9.17) is 0 Å². The first-order valence-electron chi connectivity index (χ1n) is 10.2. The van der Waals surface area contributed by atoms with Gasteiger partial charge in [0, 0.05) is 11.6 Å². The van der Waals surface area contributed by atoms with Crippen molar-refractivity contribution in [2.24, 2.45) is 0 Å². The molecular weight excluding hydrogens is 438 g/mol. The Labute approximate surface area is 189 Å². The number of aromatic nitrogens is 5. The van der Waals surface area contributed by atoms with Gasteiger partial charge in [0.05, 0.1) is 21.7 Å². The average Bonchev–Trinajstić information content (AvgIpc) is 3.30. The summed E-state index contributed by atoms with van der Waals surface area (Å²) in [6, 6.07) is 20.6. The molecule has 8 nitrogen and oxygen atoms in total. The second-order valence-corrected chi connectivity index (χ2v) is 9.57. The molecule has 5 aromatic rings. The summed E-state index contributed by atoms with van der Waals surface area (Å²) in [5, 5.41) is 12.1. The molecule has 2 aromatic heterocycles. The summed E-state index contributed by atoms with van der Waals surface area (Å²) >= 11 is 0. The normalized spacial score (nSPS) is 11.7. The number of para-hydroxylation sites is 1. The summed E-state index contributed by atoms with van der Waals surface area (Å²) in [4.78, 5) is 13.5. The number of tetrazole rings is 1. The third kappa shape index (κ3) is 3.52. The Kier molecular flexibility index (Phi) is 4.90. The van der Waals surface area contributed by atoms with Gasteiger partial charge in [-0.15, -0.1) is 5.10 Å². The van der Waals surface area contributed by atoms with E-state index in [2.05, 4.69) is 15.5 Å². The Morgan fingerprint density at radius 2 is 1.45 bits per heavy atom. The van der Waals surface area contributed by atoms with Gasteiger partial charge in [-0.3, -0.25) is 4.79 Å². The van der Waals surface area contributed by atoms with E-state index in [1.807, 2.05) is 38.1 Å². The van der Waals surface area contributed by atoms with E-state index in [0.717, 1.165) is 15.1 Å². The molecule has 3 aromatic carbocycles. The Bertz CT molecular complexity index is 1650. The fourth-order valence-corrected chi connectivity index (χ4v) is 5.01. The molecule has 0 N–H and O–H groups in total. The molecule has 0 unspecified atom stereocenters. The molecule has 0 fully saturated rings. The zero-order valence-corrected chi connectivity index (χ0v) is 18.7. The van der Waals surface area contributed by atoms with Crippen LogP contribution in [0, 0.1) is 13.8 Å². The molecule has 33 heavy (non-hydrogen) atoms. The third-order valence-electron chi connectivity index (χ3n) is 5.44. The van der Waals surface area contributed by atoms with Gasteiger partial charge in [0.1, 0.15) is 0 Å². The van der Waals surface area contributed by atoms with E-state index in [9.17, 15) is 13.2 Å². The van der Waals surface area contributed by atoms with Crippen LogP contribution in [0.1, 0.15) is 11.1 Å². The molecule has 0 atom stereocenters. The number of pyridine rings is 1. The van der Waals surface area contributed by atoms with Crippen molar-refractivity contribution in [1.82, 2.24) is 24.2 Å². The first kappa shape index (κ1) is 20.8. The summed E-state index contributed by atoms with van der Waals surface area (Å²) in [5.41, 5.74) is 2.66. The summed E-state index contributed by atoms with van der Waals surface area (Å²) < 4.78 is 29.7. The van der Waals surface area contributed by atoms with Gasteiger partial charge in [0.2, 0.25) is 5.43 Å². The van der Waals surface area contributed by atoms with Crippen molar-refractivity contribution in [1.29, 1.82) is 0 Å². The number of nitrogens with zero attached hydrogens (tertiary/aromatic N) is 5. The smallest absolute Gasteiger partial charge is 0.268 e. The Morgan fingerprint density at radius 1 is 0.818 bits per heavy atom. The quantitative estimate of drug-likeness (QED) is 0.410. The van der Waals surface area contributed by atoms with Gasteiger partial charge in [-0.25, -0.2) is 12.4 Å². The van der Waals surface area contributed by atoms with Crippen LogP contribution in [-0.4, -0.2) is 32.6 Å². The van der Waals surface area contributed by atoms with Crippen molar-refractivity contribution >= 4 is 20.9 Å². The maximum Gasteiger partial charge on any atom is 0.268 e. The molecule has 0 amide bonds. The summed E-state index contributed by atoms with van der Waals surface area (Å²) in [7, 11) is -4.00. The molecule has 0 saturated carbocycles. The topological polar surface area (TPSA) is 99.7 Å². The lowest BCUT2D eigenvalue weighted by Gasteiger charge is -2.14. The maximum absolute atomic E-state index is 13.6. The highest BCUT2D eigenvalue weighted by atomic mass is 32.2. The molecule has 0 bridgehead atoms. The van der Waals surface area contributed by atoms with Crippen LogP contribution >= 0.6 is 0 Å². The van der Waals surface area contributed by atoms with E-state index in [1.54, 1.807) is 48.5 Å². The molecule has 9 heteroatoms. The lowest BCUT2D eigenvalue weighted by molar-refractivity contribution is 0.588. The minimum Gasteiger partial charge on any atom is -0.288 e. The lowest BCUT2D eigenvalue weighted by atomic mass is 10.1. The van der Waals surface area contributed by atoms with Crippen LogP contribution in [0.3, 0.4) is 0 Å². The number of rotatable bonds is 4. The van der Waals surface area contributed by atoms with E-state index in [0.29, 0.717) is 5.69 Å². The highest BCUT2D eigenvalue weighted by Crippen LogP contribution is 2.24. The summed E-state index contributed by atoms with van der Waals surface area (Å²) in [6.45, 7) is 3.84. The molecular formula is C24H19N5O3S. The molecule has 0 radical (unpaired) electrons. The summed E-state index contributed by atoms with van der Waals surface area (Å²) in [6.07, 6.45) is 1.30. The number of benzene rings is 3. The first-order chi connectivity index (χ1) is 15.9. The molecule has 164 valence electrons. The van der Waals surface area contributed by atoms with Gasteiger partial charge in [-0.1, -0.05) is 47.5 Å². The Morgan fingerprint density at radius 3 is 2.15 bits per heavy atom. The molecule has 0 aliphatic heterocycles. The van der Waals surface area contributed by atoms with Gasteiger partial charge >= 0.3 is 0 Å². The van der Waals surface area contributed by atoms with Crippen LogP contribution in [-0.2, 0) is 10.0 Å². The molecule has 5 rings (SSSR count). The largest absolute Gasteiger partial charge is 0.288 e. The average molecular weight is 458 g/mol. The highest BCUT2D eigenvalue weighted by molar-refractivity contribution is 7.90. The zero-order chi connectivity index (χ0) is 23.2. The van der Waals surface area contributed by atoms with Gasteiger partial charge in [-0.05, 0) is 60.7 Å². The minimum atomic E-state index is -4.00. The van der Waals surface area contributed by atoms with Crippen LogP contribution in [0.15, 0.2) is 88.7 Å². The summed E-state index contributed by atoms with van der Waals surface area (Å²) in [5.74, 6) is 0.155. The predicted molar refractivity (Wildman–Crippen MR) is 125 cm³/mol. The highest BCUT2D eigenvalue weighted by Gasteiger charge is 2.23. The molecule has 2 heterocycles. The molecule has 0 aliphatic rings. The number of fused-ring (bicyclic) bond motifs is 1. The number of hydrogen-bond donors (Lipinski definition) is 0. The zero-order valence-electron chi connectivity index (χ0n) is 17.9. The maximum atomic E-state index is 13.6. The van der Waals surface area contributed by atoms with Crippen molar-refractivity contribution in [2.45, 2.75) is 18.7 Å². The standard InChI is InChI=1S/C24H19N5O3S/c1-16-7-11-18(12-8-16)29-24(25-26-27-29)21-15-28(22-6-4-3-5-20(22)23(21)30)33(31,32)19-13-9-17(2)10-14-19/h3-15H,1-2H3. The van der Waals surface area contributed by atoms with Crippen LogP contribution in [0.5, 0.6) is 0 Å². The van der Waals surface area contributed by atoms with Crippen LogP contribution < -0.4 is 5.43 Å². The van der Waals surface area contributed by atoms with E-state index < -0.39 is 10.0 Å². The van der Waals surface area contributed by atoms with Crippen molar-refractivity contribution in [2.75, 3.05) is 0 Å². The van der Waals surface area contributed by atoms with Crippen LogP contribution in [0.2, 0.25) is 0 Å². The van der Waals surface area contributed by atoms with E-state index in [-0.39, 0.29) is 32.6 Å². The molecule has 0 spiro atoms.